The van der Waals surface area contributed by atoms with Gasteiger partial charge in [-0.25, -0.2) is 13.2 Å². The van der Waals surface area contributed by atoms with E-state index >= 15 is 8.78 Å². The monoisotopic (exact) mass is 601 g/mol. The lowest BCUT2D eigenvalue weighted by Gasteiger charge is -2.47. The van der Waals surface area contributed by atoms with Crippen molar-refractivity contribution in [1.29, 1.82) is 0 Å². The van der Waals surface area contributed by atoms with Gasteiger partial charge in [0, 0.05) is 75.0 Å². The van der Waals surface area contributed by atoms with E-state index < -0.39 is 23.4 Å². The zero-order valence-electron chi connectivity index (χ0n) is 25.7. The zero-order valence-corrected chi connectivity index (χ0v) is 25.7. The summed E-state index contributed by atoms with van der Waals surface area (Å²) in [5, 5.41) is 4.14. The summed E-state index contributed by atoms with van der Waals surface area (Å²) in [5.41, 5.74) is 0.724. The van der Waals surface area contributed by atoms with E-state index in [2.05, 4.69) is 45.9 Å². The van der Waals surface area contributed by atoms with Crippen LogP contribution in [0.1, 0.15) is 95.3 Å². The number of benzene rings is 1. The van der Waals surface area contributed by atoms with Gasteiger partial charge in [-0.2, -0.15) is 4.98 Å². The lowest BCUT2D eigenvalue weighted by Crippen LogP contribution is -2.55. The molecule has 1 amide bonds. The maximum absolute atomic E-state index is 15.8. The van der Waals surface area contributed by atoms with Gasteiger partial charge in [0.25, 0.3) is 5.92 Å². The Bertz CT molecular complexity index is 1250. The first-order chi connectivity index (χ1) is 20.5. The third kappa shape index (κ3) is 6.51. The first kappa shape index (κ1) is 30.6. The van der Waals surface area contributed by atoms with Crippen molar-refractivity contribution in [3.63, 3.8) is 0 Å². The number of rotatable bonds is 9. The molecular weight excluding hydrogens is 555 g/mol. The number of piperidine rings is 1. The van der Waals surface area contributed by atoms with Crippen LogP contribution in [-0.2, 0) is 16.8 Å². The maximum Gasteiger partial charge on any atom is 0.252 e. The normalized spacial score (nSPS) is 30.7. The van der Waals surface area contributed by atoms with E-state index in [9.17, 15) is 9.18 Å². The van der Waals surface area contributed by atoms with Gasteiger partial charge in [0.2, 0.25) is 11.8 Å². The van der Waals surface area contributed by atoms with Crippen LogP contribution >= 0.6 is 0 Å². The van der Waals surface area contributed by atoms with Crippen LogP contribution in [0.25, 0.3) is 0 Å². The molecule has 10 heteroatoms. The number of aromatic nitrogens is 2. The number of carbonyl (C=O) groups excluding carboxylic acids is 1. The third-order valence-corrected chi connectivity index (χ3v) is 10.7. The van der Waals surface area contributed by atoms with Crippen LogP contribution in [0.5, 0.6) is 0 Å². The number of carbonyl (C=O) groups is 1. The molecule has 236 valence electrons. The van der Waals surface area contributed by atoms with Crippen molar-refractivity contribution in [2.45, 2.75) is 120 Å². The van der Waals surface area contributed by atoms with E-state index in [1.165, 1.54) is 0 Å². The molecule has 0 spiro atoms. The molecule has 4 aliphatic rings. The molecule has 2 aliphatic carbocycles. The molecule has 7 nitrogen and oxygen atoms in total. The summed E-state index contributed by atoms with van der Waals surface area (Å²) in [6, 6.07) is 10.4. The predicted molar refractivity (Wildman–Crippen MR) is 158 cm³/mol. The minimum atomic E-state index is -2.90. The summed E-state index contributed by atoms with van der Waals surface area (Å²) in [4.78, 5) is 24.7. The molecule has 2 aromatic rings. The highest BCUT2D eigenvalue weighted by Crippen LogP contribution is 2.46. The van der Waals surface area contributed by atoms with E-state index in [0.717, 1.165) is 25.1 Å². The van der Waals surface area contributed by atoms with Gasteiger partial charge < -0.3 is 9.42 Å². The number of nitrogens with zero attached hydrogens (tertiary/aromatic N) is 5. The van der Waals surface area contributed by atoms with Crippen molar-refractivity contribution in [2.75, 3.05) is 26.2 Å². The average Bonchev–Trinajstić information content (AvgIpc) is 3.34. The third-order valence-electron chi connectivity index (χ3n) is 10.7. The first-order valence-electron chi connectivity index (χ1n) is 16.2. The van der Waals surface area contributed by atoms with Crippen molar-refractivity contribution in [3.05, 3.63) is 47.6 Å². The molecule has 0 unspecified atom stereocenters. The average molecular weight is 602 g/mol. The van der Waals surface area contributed by atoms with Crippen molar-refractivity contribution in [2.24, 2.45) is 5.92 Å². The number of halogens is 3. The van der Waals surface area contributed by atoms with Gasteiger partial charge in [-0.1, -0.05) is 42.4 Å². The minimum Gasteiger partial charge on any atom is -0.343 e. The van der Waals surface area contributed by atoms with Crippen molar-refractivity contribution >= 4 is 5.91 Å². The van der Waals surface area contributed by atoms with Gasteiger partial charge in [-0.3, -0.25) is 14.6 Å². The molecule has 2 saturated carbocycles. The predicted octanol–water partition coefficient (Wildman–Crippen LogP) is 5.95. The van der Waals surface area contributed by atoms with Crippen LogP contribution in [0.2, 0.25) is 0 Å². The number of likely N-dealkylation sites (tertiary alicyclic amines) is 2. The van der Waals surface area contributed by atoms with Crippen LogP contribution in [0.4, 0.5) is 13.2 Å². The van der Waals surface area contributed by atoms with Crippen molar-refractivity contribution in [1.82, 2.24) is 24.8 Å². The minimum absolute atomic E-state index is 0.147. The fraction of sp³-hybridized carbons (Fsp3) is 0.727. The van der Waals surface area contributed by atoms with E-state index in [0.29, 0.717) is 69.5 Å². The molecule has 2 saturated heterocycles. The van der Waals surface area contributed by atoms with Gasteiger partial charge in [-0.15, -0.1) is 0 Å². The lowest BCUT2D eigenvalue weighted by molar-refractivity contribution is -0.152. The van der Waals surface area contributed by atoms with Crippen LogP contribution in [-0.4, -0.2) is 87.1 Å². The molecule has 6 rings (SSSR count). The van der Waals surface area contributed by atoms with Gasteiger partial charge >= 0.3 is 0 Å². The largest absolute Gasteiger partial charge is 0.343 e. The molecule has 1 aromatic heterocycles. The van der Waals surface area contributed by atoms with E-state index in [1.807, 2.05) is 25.1 Å². The van der Waals surface area contributed by atoms with Gasteiger partial charge in [0.1, 0.15) is 6.17 Å². The van der Waals surface area contributed by atoms with E-state index in [4.69, 9.17) is 4.52 Å². The molecule has 43 heavy (non-hydrogen) atoms. The zero-order chi connectivity index (χ0) is 30.4. The van der Waals surface area contributed by atoms with E-state index in [1.54, 1.807) is 4.90 Å². The van der Waals surface area contributed by atoms with E-state index in [-0.39, 0.29) is 36.8 Å². The number of hydrogen-bond donors (Lipinski definition) is 0. The fourth-order valence-electron chi connectivity index (χ4n) is 7.56. The van der Waals surface area contributed by atoms with Crippen LogP contribution in [0.3, 0.4) is 0 Å². The quantitative estimate of drug-likeness (QED) is 0.354. The summed E-state index contributed by atoms with van der Waals surface area (Å²) in [6.45, 7) is 9.77. The van der Waals surface area contributed by atoms with Gasteiger partial charge in [0.05, 0.1) is 5.92 Å². The molecule has 0 N–H and O–H groups in total. The maximum atomic E-state index is 15.8. The smallest absolute Gasteiger partial charge is 0.252 e. The highest BCUT2D eigenvalue weighted by molar-refractivity contribution is 5.77. The Balaban J connectivity index is 1.16. The summed E-state index contributed by atoms with van der Waals surface area (Å²) >= 11 is 0. The highest BCUT2D eigenvalue weighted by atomic mass is 19.3. The summed E-state index contributed by atoms with van der Waals surface area (Å²) in [5.74, 6) is -3.50. The van der Waals surface area contributed by atoms with Crippen LogP contribution < -0.4 is 0 Å². The molecule has 0 bridgehead atoms. The standard InChI is InChI=1S/C33H46F3N5O2/c1-22(2)40-15-11-24(21-40)41(20-23-8-5-4-6-9-23)28-10-7-12-33(35,36)26(28)19-29(42)39-16-13-32(3,14-17-39)31-37-30(43-38-31)25-18-27(25)34/h4-6,8-9,22,24-28H,7,10-21H2,1-3H3/t24-,25+,26+,27-,28-/m0/s1. The second kappa shape index (κ2) is 12.1. The molecule has 2 aliphatic heterocycles. The molecule has 3 heterocycles. The molecular formula is C33H46F3N5O2. The Hall–Kier alpha value is -2.46. The van der Waals surface area contributed by atoms with Crippen molar-refractivity contribution < 1.29 is 22.5 Å². The van der Waals surface area contributed by atoms with Crippen LogP contribution in [0.15, 0.2) is 34.9 Å². The fourth-order valence-corrected chi connectivity index (χ4v) is 7.56. The molecule has 4 fully saturated rings. The Labute approximate surface area is 253 Å². The van der Waals surface area contributed by atoms with Crippen molar-refractivity contribution in [3.8, 4) is 0 Å². The summed E-state index contributed by atoms with van der Waals surface area (Å²) < 4.78 is 50.5. The topological polar surface area (TPSA) is 65.7 Å². The van der Waals surface area contributed by atoms with Gasteiger partial charge in [0.15, 0.2) is 5.82 Å². The molecule has 0 radical (unpaired) electrons. The Morgan fingerprint density at radius 3 is 2.49 bits per heavy atom. The Kier molecular flexibility index (Phi) is 8.63. The second-order valence-corrected chi connectivity index (χ2v) is 14.0. The molecule has 1 aromatic carbocycles. The number of alkyl halides is 3. The van der Waals surface area contributed by atoms with Gasteiger partial charge in [-0.05, 0) is 57.9 Å². The highest BCUT2D eigenvalue weighted by Gasteiger charge is 2.52. The summed E-state index contributed by atoms with van der Waals surface area (Å²) in [6.07, 6.45) is 2.52. The molecule has 5 atom stereocenters. The number of hydrogen-bond acceptors (Lipinski definition) is 6. The Morgan fingerprint density at radius 2 is 1.84 bits per heavy atom. The Morgan fingerprint density at radius 1 is 1.12 bits per heavy atom. The second-order valence-electron chi connectivity index (χ2n) is 14.0. The SMILES string of the molecule is CC(C)N1CC[C@H](N(Cc2ccccc2)[C@H]2CCCC(F)(F)[C@@H]2CC(=O)N2CCC(C)(c3noc([C@@H]4C[C@@H]4F)n3)CC2)C1. The number of amides is 1. The first-order valence-corrected chi connectivity index (χ1v) is 16.2. The summed E-state index contributed by atoms with van der Waals surface area (Å²) in [7, 11) is 0. The lowest BCUT2D eigenvalue weighted by atomic mass is 9.76. The van der Waals surface area contributed by atoms with Crippen LogP contribution in [0, 0.1) is 5.92 Å².